The highest BCUT2D eigenvalue weighted by atomic mass is 35.5. The topological polar surface area (TPSA) is 36.4 Å². The summed E-state index contributed by atoms with van der Waals surface area (Å²) in [5.41, 5.74) is 2.81. The number of benzene rings is 2. The van der Waals surface area contributed by atoms with Crippen molar-refractivity contribution in [2.75, 3.05) is 31.6 Å². The van der Waals surface area contributed by atoms with Crippen molar-refractivity contribution in [2.24, 2.45) is 0 Å². The lowest BCUT2D eigenvalue weighted by molar-refractivity contribution is -0.119. The van der Waals surface area contributed by atoms with Crippen LogP contribution in [-0.4, -0.2) is 42.5 Å². The van der Waals surface area contributed by atoms with Gasteiger partial charge in [-0.25, -0.2) is 4.39 Å². The van der Waals surface area contributed by atoms with Crippen LogP contribution in [0.1, 0.15) is 24.3 Å². The lowest BCUT2D eigenvalue weighted by Gasteiger charge is -2.33. The zero-order valence-corrected chi connectivity index (χ0v) is 17.1. The van der Waals surface area contributed by atoms with Crippen LogP contribution in [0.15, 0.2) is 54.7 Å². The second kappa shape index (κ2) is 8.47. The standard InChI is InChI=1S/C23H23ClFN3O/c1-27(19-5-2-17(24)3-6-19)23(29)15-28-12-9-16(10-13-28)20-8-11-26-22-7-4-18(25)14-21(20)22/h2-8,11,14,16H,9-10,12-13,15H2,1H3. The minimum absolute atomic E-state index is 0.0576. The number of anilines is 1. The van der Waals surface area contributed by atoms with Gasteiger partial charge in [-0.3, -0.25) is 14.7 Å². The first-order valence-electron chi connectivity index (χ1n) is 9.80. The van der Waals surface area contributed by atoms with Crippen LogP contribution in [-0.2, 0) is 4.79 Å². The highest BCUT2D eigenvalue weighted by Gasteiger charge is 2.24. The van der Waals surface area contributed by atoms with Crippen LogP contribution in [0.25, 0.3) is 10.9 Å². The number of halogens is 2. The van der Waals surface area contributed by atoms with Gasteiger partial charge in [0, 0.05) is 29.3 Å². The van der Waals surface area contributed by atoms with Gasteiger partial charge in [-0.2, -0.15) is 0 Å². The number of amides is 1. The first-order valence-corrected chi connectivity index (χ1v) is 10.2. The Hall–Kier alpha value is -2.50. The average molecular weight is 412 g/mol. The molecule has 3 aromatic rings. The maximum atomic E-state index is 13.7. The molecule has 0 N–H and O–H groups in total. The van der Waals surface area contributed by atoms with Crippen molar-refractivity contribution >= 4 is 34.1 Å². The Bertz CT molecular complexity index is 1020. The molecule has 1 aliphatic heterocycles. The molecule has 1 aliphatic rings. The summed E-state index contributed by atoms with van der Waals surface area (Å²) >= 11 is 5.92. The van der Waals surface area contributed by atoms with E-state index in [4.69, 9.17) is 11.6 Å². The first-order chi connectivity index (χ1) is 14.0. The van der Waals surface area contributed by atoms with Crippen LogP contribution in [0, 0.1) is 5.82 Å². The fraction of sp³-hybridized carbons (Fsp3) is 0.304. The molecule has 0 saturated carbocycles. The molecule has 0 aliphatic carbocycles. The van der Waals surface area contributed by atoms with Crippen molar-refractivity contribution in [2.45, 2.75) is 18.8 Å². The number of fused-ring (bicyclic) bond motifs is 1. The second-order valence-corrected chi connectivity index (χ2v) is 7.98. The zero-order valence-electron chi connectivity index (χ0n) is 16.3. The number of piperidine rings is 1. The van der Waals surface area contributed by atoms with E-state index < -0.39 is 0 Å². The molecule has 0 spiro atoms. The fourth-order valence-corrected chi connectivity index (χ4v) is 4.13. The van der Waals surface area contributed by atoms with Crippen LogP contribution in [0.5, 0.6) is 0 Å². The van der Waals surface area contributed by atoms with Crippen molar-refractivity contribution in [3.05, 3.63) is 71.1 Å². The summed E-state index contributed by atoms with van der Waals surface area (Å²) in [6.45, 7) is 2.06. The van der Waals surface area contributed by atoms with E-state index in [2.05, 4.69) is 9.88 Å². The molecule has 4 nitrogen and oxygen atoms in total. The van der Waals surface area contributed by atoms with Gasteiger partial charge in [0.05, 0.1) is 12.1 Å². The van der Waals surface area contributed by atoms with Gasteiger partial charge in [-0.15, -0.1) is 0 Å². The predicted molar refractivity (Wildman–Crippen MR) is 115 cm³/mol. The number of likely N-dealkylation sites (N-methyl/N-ethyl adjacent to an activating group) is 1. The number of hydrogen-bond acceptors (Lipinski definition) is 3. The normalized spacial score (nSPS) is 15.6. The lowest BCUT2D eigenvalue weighted by Crippen LogP contribution is -2.42. The highest BCUT2D eigenvalue weighted by Crippen LogP contribution is 2.32. The second-order valence-electron chi connectivity index (χ2n) is 7.54. The molecule has 150 valence electrons. The van der Waals surface area contributed by atoms with Gasteiger partial charge in [-0.1, -0.05) is 11.6 Å². The van der Waals surface area contributed by atoms with E-state index in [-0.39, 0.29) is 11.7 Å². The van der Waals surface area contributed by atoms with Gasteiger partial charge < -0.3 is 4.90 Å². The van der Waals surface area contributed by atoms with E-state index in [0.717, 1.165) is 48.1 Å². The van der Waals surface area contributed by atoms with E-state index in [0.29, 0.717) is 17.5 Å². The Kier molecular flexibility index (Phi) is 5.79. The van der Waals surface area contributed by atoms with Gasteiger partial charge in [0.15, 0.2) is 0 Å². The summed E-state index contributed by atoms with van der Waals surface area (Å²) in [5.74, 6) is 0.171. The Morgan fingerprint density at radius 1 is 1.17 bits per heavy atom. The van der Waals surface area contributed by atoms with Gasteiger partial charge in [0.1, 0.15) is 5.82 Å². The van der Waals surface area contributed by atoms with Crippen LogP contribution in [0.4, 0.5) is 10.1 Å². The third kappa shape index (κ3) is 4.41. The maximum absolute atomic E-state index is 13.7. The summed E-state index contributed by atoms with van der Waals surface area (Å²) in [6, 6.07) is 14.0. The largest absolute Gasteiger partial charge is 0.314 e. The predicted octanol–water partition coefficient (Wildman–Crippen LogP) is 4.87. The maximum Gasteiger partial charge on any atom is 0.240 e. The Balaban J connectivity index is 1.39. The summed E-state index contributed by atoms with van der Waals surface area (Å²) in [7, 11) is 1.79. The molecular weight excluding hydrogens is 389 g/mol. The number of hydrogen-bond donors (Lipinski definition) is 0. The molecule has 1 amide bonds. The van der Waals surface area contributed by atoms with Gasteiger partial charge in [0.25, 0.3) is 0 Å². The third-order valence-corrected chi connectivity index (χ3v) is 5.96. The third-order valence-electron chi connectivity index (χ3n) is 5.71. The SMILES string of the molecule is CN(C(=O)CN1CCC(c2ccnc3ccc(F)cc23)CC1)c1ccc(Cl)cc1. The number of carbonyl (C=O) groups is 1. The smallest absolute Gasteiger partial charge is 0.240 e. The van der Waals surface area contributed by atoms with E-state index in [1.54, 1.807) is 42.4 Å². The van der Waals surface area contributed by atoms with E-state index >= 15 is 0 Å². The number of aromatic nitrogens is 1. The van der Waals surface area contributed by atoms with E-state index in [1.807, 2.05) is 18.2 Å². The fourth-order valence-electron chi connectivity index (χ4n) is 4.00. The summed E-state index contributed by atoms with van der Waals surface area (Å²) in [4.78, 5) is 20.9. The monoisotopic (exact) mass is 411 g/mol. The van der Waals surface area contributed by atoms with Gasteiger partial charge in [0.2, 0.25) is 5.91 Å². The van der Waals surface area contributed by atoms with E-state index in [1.165, 1.54) is 6.07 Å². The molecule has 0 bridgehead atoms. The number of carbonyl (C=O) groups excluding carboxylic acids is 1. The molecule has 2 heterocycles. The molecule has 4 rings (SSSR count). The van der Waals surface area contributed by atoms with Crippen molar-refractivity contribution in [1.82, 2.24) is 9.88 Å². The first kappa shape index (κ1) is 19.8. The molecule has 0 unspecified atom stereocenters. The molecule has 1 aromatic heterocycles. The lowest BCUT2D eigenvalue weighted by atomic mass is 9.87. The van der Waals surface area contributed by atoms with Crippen molar-refractivity contribution < 1.29 is 9.18 Å². The van der Waals surface area contributed by atoms with Crippen LogP contribution >= 0.6 is 11.6 Å². The van der Waals surface area contributed by atoms with Crippen LogP contribution in [0.3, 0.4) is 0 Å². The molecule has 1 fully saturated rings. The van der Waals surface area contributed by atoms with Crippen LogP contribution < -0.4 is 4.90 Å². The number of nitrogens with zero attached hydrogens (tertiary/aromatic N) is 3. The Labute approximate surface area is 174 Å². The highest BCUT2D eigenvalue weighted by molar-refractivity contribution is 6.30. The molecular formula is C23H23ClFN3O. The number of rotatable bonds is 4. The number of pyridine rings is 1. The van der Waals surface area contributed by atoms with Gasteiger partial charge >= 0.3 is 0 Å². The number of likely N-dealkylation sites (tertiary alicyclic amines) is 1. The minimum atomic E-state index is -0.236. The molecule has 0 atom stereocenters. The van der Waals surface area contributed by atoms with Crippen molar-refractivity contribution in [3.8, 4) is 0 Å². The summed E-state index contributed by atoms with van der Waals surface area (Å²) < 4.78 is 13.7. The summed E-state index contributed by atoms with van der Waals surface area (Å²) in [5, 5.41) is 1.55. The Morgan fingerprint density at radius 3 is 2.62 bits per heavy atom. The van der Waals surface area contributed by atoms with Crippen molar-refractivity contribution in [1.29, 1.82) is 0 Å². The quantitative estimate of drug-likeness (QED) is 0.614. The minimum Gasteiger partial charge on any atom is -0.314 e. The van der Waals surface area contributed by atoms with Crippen molar-refractivity contribution in [3.63, 3.8) is 0 Å². The summed E-state index contributed by atoms with van der Waals surface area (Å²) in [6.07, 6.45) is 3.67. The van der Waals surface area contributed by atoms with E-state index in [9.17, 15) is 9.18 Å². The van der Waals surface area contributed by atoms with Crippen LogP contribution in [0.2, 0.25) is 5.02 Å². The van der Waals surface area contributed by atoms with Gasteiger partial charge in [-0.05, 0) is 85.9 Å². The Morgan fingerprint density at radius 2 is 1.90 bits per heavy atom. The zero-order chi connectivity index (χ0) is 20.4. The average Bonchev–Trinajstić information content (AvgIpc) is 2.74. The molecule has 1 saturated heterocycles. The molecule has 6 heteroatoms. The molecule has 2 aromatic carbocycles. The molecule has 29 heavy (non-hydrogen) atoms. The molecule has 0 radical (unpaired) electrons.